The number of carboxylic acid groups (broad SMARTS) is 1. The Morgan fingerprint density at radius 3 is 2.28 bits per heavy atom. The van der Waals surface area contributed by atoms with Gasteiger partial charge in [0.25, 0.3) is 5.91 Å². The number of rotatable bonds is 7. The number of halogens is 1. The second kappa shape index (κ2) is 9.99. The number of thiazole rings is 1. The summed E-state index contributed by atoms with van der Waals surface area (Å²) in [7, 11) is 0. The van der Waals surface area contributed by atoms with Gasteiger partial charge < -0.3 is 10.4 Å². The number of hydrogen-bond acceptors (Lipinski definition) is 5. The molecule has 0 aliphatic rings. The van der Waals surface area contributed by atoms with Crippen molar-refractivity contribution in [1.82, 2.24) is 4.98 Å². The average Bonchev–Trinajstić information content (AvgIpc) is 3.26. The first kappa shape index (κ1) is 22.1. The predicted octanol–water partition coefficient (Wildman–Crippen LogP) is 6.56. The van der Waals surface area contributed by atoms with Crippen molar-refractivity contribution in [2.45, 2.75) is 4.90 Å². The molecular weight excluding hydrogens is 464 g/mol. The van der Waals surface area contributed by atoms with Gasteiger partial charge in [-0.2, -0.15) is 0 Å². The van der Waals surface area contributed by atoms with Gasteiger partial charge in [0.2, 0.25) is 0 Å². The van der Waals surface area contributed by atoms with E-state index in [0.29, 0.717) is 21.4 Å². The summed E-state index contributed by atoms with van der Waals surface area (Å²) in [6, 6.07) is 24.1. The molecule has 0 aliphatic carbocycles. The zero-order valence-corrected chi connectivity index (χ0v) is 19.0. The van der Waals surface area contributed by atoms with Gasteiger partial charge in [-0.1, -0.05) is 54.1 Å². The van der Waals surface area contributed by atoms with E-state index in [-0.39, 0.29) is 11.7 Å². The number of hydrogen-bond donors (Lipinski definition) is 2. The van der Waals surface area contributed by atoms with Crippen LogP contribution in [0.25, 0.3) is 21.0 Å². The Balaban J connectivity index is 1.66. The van der Waals surface area contributed by atoms with Gasteiger partial charge in [-0.3, -0.25) is 9.59 Å². The zero-order valence-electron chi connectivity index (χ0n) is 16.6. The van der Waals surface area contributed by atoms with Gasteiger partial charge in [0.1, 0.15) is 10.7 Å². The van der Waals surface area contributed by atoms with Gasteiger partial charge in [0.05, 0.1) is 10.6 Å². The summed E-state index contributed by atoms with van der Waals surface area (Å²) in [6.45, 7) is 0. The molecule has 0 spiro atoms. The Morgan fingerprint density at radius 1 is 0.938 bits per heavy atom. The Labute approximate surface area is 198 Å². The van der Waals surface area contributed by atoms with Gasteiger partial charge in [-0.05, 0) is 42.0 Å². The standard InChI is InChI=1S/C24H17ClN2O3S2/c25-17-8-10-18(11-9-17)26-23(30)21-22(15-4-2-1-3-5-15)32-24(27-21)16-6-12-19(13-7-16)31-14-20(28)29/h1-13H,14H2,(H,26,30)(H,28,29). The van der Waals surface area contributed by atoms with Crippen LogP contribution in [0.3, 0.4) is 0 Å². The highest BCUT2D eigenvalue weighted by Gasteiger charge is 2.20. The molecule has 0 fully saturated rings. The van der Waals surface area contributed by atoms with Crippen LogP contribution in [-0.2, 0) is 4.79 Å². The number of aliphatic carboxylic acids is 1. The van der Waals surface area contributed by atoms with Gasteiger partial charge in [-0.15, -0.1) is 23.1 Å². The van der Waals surface area contributed by atoms with E-state index in [1.807, 2.05) is 54.6 Å². The number of amides is 1. The van der Waals surface area contributed by atoms with Gasteiger partial charge in [0.15, 0.2) is 0 Å². The largest absolute Gasteiger partial charge is 0.481 e. The molecule has 4 rings (SSSR count). The van der Waals surface area contributed by atoms with Crippen molar-refractivity contribution in [2.24, 2.45) is 0 Å². The first-order valence-corrected chi connectivity index (χ1v) is 11.8. The molecular formula is C24H17ClN2O3S2. The summed E-state index contributed by atoms with van der Waals surface area (Å²) >= 11 is 8.63. The summed E-state index contributed by atoms with van der Waals surface area (Å²) in [5.41, 5.74) is 2.74. The summed E-state index contributed by atoms with van der Waals surface area (Å²) in [5, 5.41) is 13.0. The molecule has 0 radical (unpaired) electrons. The van der Waals surface area contributed by atoms with Crippen molar-refractivity contribution >= 4 is 52.3 Å². The molecule has 0 saturated heterocycles. The summed E-state index contributed by atoms with van der Waals surface area (Å²) in [5.74, 6) is -1.16. The molecule has 4 aromatic rings. The van der Waals surface area contributed by atoms with Crippen LogP contribution in [0.5, 0.6) is 0 Å². The van der Waals surface area contributed by atoms with Crippen LogP contribution in [0.15, 0.2) is 83.8 Å². The first-order chi connectivity index (χ1) is 15.5. The maximum atomic E-state index is 13.1. The van der Waals surface area contributed by atoms with Gasteiger partial charge >= 0.3 is 5.97 Å². The van der Waals surface area contributed by atoms with Crippen molar-refractivity contribution < 1.29 is 14.7 Å². The lowest BCUT2D eigenvalue weighted by Gasteiger charge is -2.05. The Bertz CT molecular complexity index is 1240. The molecule has 5 nitrogen and oxygen atoms in total. The lowest BCUT2D eigenvalue weighted by atomic mass is 10.1. The topological polar surface area (TPSA) is 79.3 Å². The third-order valence-electron chi connectivity index (χ3n) is 4.44. The van der Waals surface area contributed by atoms with Crippen molar-refractivity contribution in [3.63, 3.8) is 0 Å². The second-order valence-corrected chi connectivity index (χ2v) is 9.21. The fraction of sp³-hybridized carbons (Fsp3) is 0.0417. The molecule has 8 heteroatoms. The predicted molar refractivity (Wildman–Crippen MR) is 131 cm³/mol. The smallest absolute Gasteiger partial charge is 0.313 e. The Hall–Kier alpha value is -3.13. The third-order valence-corrected chi connectivity index (χ3v) is 6.85. The van der Waals surface area contributed by atoms with E-state index >= 15 is 0 Å². The van der Waals surface area contributed by atoms with E-state index < -0.39 is 5.97 Å². The number of carbonyl (C=O) groups excluding carboxylic acids is 1. The molecule has 0 saturated carbocycles. The molecule has 0 aliphatic heterocycles. The van der Waals surface area contributed by atoms with Crippen LogP contribution in [0.1, 0.15) is 10.5 Å². The van der Waals surface area contributed by atoms with Gasteiger partial charge in [-0.25, -0.2) is 4.98 Å². The lowest BCUT2D eigenvalue weighted by Crippen LogP contribution is -2.13. The molecule has 32 heavy (non-hydrogen) atoms. The maximum absolute atomic E-state index is 13.1. The van der Waals surface area contributed by atoms with Crippen LogP contribution in [0.2, 0.25) is 5.02 Å². The monoisotopic (exact) mass is 480 g/mol. The minimum Gasteiger partial charge on any atom is -0.481 e. The normalized spacial score (nSPS) is 10.7. The number of anilines is 1. The van der Waals surface area contributed by atoms with E-state index in [0.717, 1.165) is 20.9 Å². The highest BCUT2D eigenvalue weighted by molar-refractivity contribution is 8.00. The second-order valence-electron chi connectivity index (χ2n) is 6.73. The fourth-order valence-corrected chi connectivity index (χ4v) is 4.76. The van der Waals surface area contributed by atoms with Crippen LogP contribution in [-0.4, -0.2) is 27.7 Å². The van der Waals surface area contributed by atoms with Crippen molar-refractivity contribution in [1.29, 1.82) is 0 Å². The van der Waals surface area contributed by atoms with Crippen LogP contribution in [0.4, 0.5) is 5.69 Å². The van der Waals surface area contributed by atoms with Crippen LogP contribution < -0.4 is 5.32 Å². The number of carboxylic acids is 1. The molecule has 0 bridgehead atoms. The number of aromatic nitrogens is 1. The molecule has 1 heterocycles. The molecule has 160 valence electrons. The lowest BCUT2D eigenvalue weighted by molar-refractivity contribution is -0.133. The van der Waals surface area contributed by atoms with Crippen LogP contribution >= 0.6 is 34.7 Å². The maximum Gasteiger partial charge on any atom is 0.313 e. The van der Waals surface area contributed by atoms with Crippen molar-refractivity contribution in [3.8, 4) is 21.0 Å². The molecule has 1 aromatic heterocycles. The van der Waals surface area contributed by atoms with E-state index in [9.17, 15) is 9.59 Å². The summed E-state index contributed by atoms with van der Waals surface area (Å²) in [4.78, 5) is 30.1. The number of benzene rings is 3. The fourth-order valence-electron chi connectivity index (χ4n) is 2.95. The van der Waals surface area contributed by atoms with Crippen molar-refractivity contribution in [2.75, 3.05) is 11.1 Å². The van der Waals surface area contributed by atoms with Crippen LogP contribution in [0, 0.1) is 0 Å². The zero-order chi connectivity index (χ0) is 22.5. The highest BCUT2D eigenvalue weighted by Crippen LogP contribution is 2.36. The first-order valence-electron chi connectivity index (χ1n) is 9.58. The Kier molecular flexibility index (Phi) is 6.90. The minimum absolute atomic E-state index is 0.00374. The molecule has 1 amide bonds. The molecule has 2 N–H and O–H groups in total. The third kappa shape index (κ3) is 5.37. The van der Waals surface area contributed by atoms with Crippen molar-refractivity contribution in [3.05, 3.63) is 89.6 Å². The number of thioether (sulfide) groups is 1. The Morgan fingerprint density at radius 2 is 1.62 bits per heavy atom. The number of nitrogens with one attached hydrogen (secondary N) is 1. The number of nitrogens with zero attached hydrogens (tertiary/aromatic N) is 1. The van der Waals surface area contributed by atoms with E-state index in [2.05, 4.69) is 10.3 Å². The molecule has 0 atom stereocenters. The van der Waals surface area contributed by atoms with E-state index in [1.165, 1.54) is 23.1 Å². The van der Waals surface area contributed by atoms with E-state index in [1.54, 1.807) is 24.3 Å². The summed E-state index contributed by atoms with van der Waals surface area (Å²) < 4.78 is 0. The minimum atomic E-state index is -0.858. The van der Waals surface area contributed by atoms with E-state index in [4.69, 9.17) is 16.7 Å². The average molecular weight is 481 g/mol. The molecule has 0 unspecified atom stereocenters. The van der Waals surface area contributed by atoms with Gasteiger partial charge in [0, 0.05) is 21.2 Å². The summed E-state index contributed by atoms with van der Waals surface area (Å²) in [6.07, 6.45) is 0. The SMILES string of the molecule is O=C(O)CSc1ccc(-c2nc(C(=O)Nc3ccc(Cl)cc3)c(-c3ccccc3)s2)cc1. The molecule has 3 aromatic carbocycles. The quantitative estimate of drug-likeness (QED) is 0.293. The number of carbonyl (C=O) groups is 2. The highest BCUT2D eigenvalue weighted by atomic mass is 35.5.